The number of hydrogen-bond donors (Lipinski definition) is 2. The maximum absolute atomic E-state index is 12.0. The molecule has 0 aliphatic heterocycles. The van der Waals surface area contributed by atoms with Crippen molar-refractivity contribution in [3.63, 3.8) is 0 Å². The van der Waals surface area contributed by atoms with Crippen LogP contribution in [0.25, 0.3) is 0 Å². The van der Waals surface area contributed by atoms with E-state index in [4.69, 9.17) is 40.2 Å². The minimum Gasteiger partial charge on any atom is -0.495 e. The monoisotopic (exact) mass is 400 g/mol. The lowest BCUT2D eigenvalue weighted by Crippen LogP contribution is -2.35. The van der Waals surface area contributed by atoms with E-state index in [1.54, 1.807) is 37.4 Å². The first-order valence-corrected chi connectivity index (χ1v) is 8.95. The van der Waals surface area contributed by atoms with Gasteiger partial charge in [-0.1, -0.05) is 23.2 Å². The fourth-order valence-corrected chi connectivity index (χ4v) is 2.99. The number of nitrogens with one attached hydrogen (secondary N) is 2. The predicted molar refractivity (Wildman–Crippen MR) is 105 cm³/mol. The number of rotatable bonds is 5. The third kappa shape index (κ3) is 5.87. The molecule has 8 heteroatoms. The smallest absolute Gasteiger partial charge is 0.236 e. The Kier molecular flexibility index (Phi) is 7.17. The third-order valence-corrected chi connectivity index (χ3v) is 4.55. The summed E-state index contributed by atoms with van der Waals surface area (Å²) in [5.74, 6) is 0.593. The van der Waals surface area contributed by atoms with Crippen LogP contribution in [0.1, 0.15) is 0 Å². The molecule has 0 aromatic heterocycles. The van der Waals surface area contributed by atoms with Crippen LogP contribution < -0.4 is 15.4 Å². The second kappa shape index (κ2) is 9.13. The van der Waals surface area contributed by atoms with Crippen molar-refractivity contribution in [1.82, 2.24) is 5.32 Å². The number of methoxy groups -OCH3 is 1. The van der Waals surface area contributed by atoms with Crippen molar-refractivity contribution in [2.75, 3.05) is 18.2 Å². The standard InChI is InChI=1S/C16H14Cl2N2O2S2/c1-22-14-7-4-11(18)8-13(14)19-16(23)20-15(21)9-24-12-5-2-10(17)3-6-12/h2-8H,9H2,1H3,(H2,19,20,21,23). The lowest BCUT2D eigenvalue weighted by Gasteiger charge is -2.13. The number of benzene rings is 2. The van der Waals surface area contributed by atoms with Crippen LogP contribution in [0.4, 0.5) is 5.69 Å². The number of carbonyl (C=O) groups is 1. The lowest BCUT2D eigenvalue weighted by atomic mass is 10.3. The molecule has 0 aliphatic carbocycles. The van der Waals surface area contributed by atoms with Crippen LogP contribution in [0.15, 0.2) is 47.4 Å². The highest BCUT2D eigenvalue weighted by atomic mass is 35.5. The van der Waals surface area contributed by atoms with Crippen molar-refractivity contribution >= 4 is 63.9 Å². The zero-order chi connectivity index (χ0) is 17.5. The summed E-state index contributed by atoms with van der Waals surface area (Å²) in [6, 6.07) is 12.4. The molecule has 2 rings (SSSR count). The molecule has 126 valence electrons. The fraction of sp³-hybridized carbons (Fsp3) is 0.125. The fourth-order valence-electron chi connectivity index (χ4n) is 1.77. The second-order valence-electron chi connectivity index (χ2n) is 4.59. The van der Waals surface area contributed by atoms with Gasteiger partial charge in [-0.2, -0.15) is 0 Å². The van der Waals surface area contributed by atoms with Crippen LogP contribution >= 0.6 is 47.2 Å². The summed E-state index contributed by atoms with van der Waals surface area (Å²) in [5.41, 5.74) is 0.584. The maximum atomic E-state index is 12.0. The molecule has 0 radical (unpaired) electrons. The van der Waals surface area contributed by atoms with Gasteiger partial charge >= 0.3 is 0 Å². The van der Waals surface area contributed by atoms with Crippen LogP contribution in [0.5, 0.6) is 5.75 Å². The number of thioether (sulfide) groups is 1. The van der Waals surface area contributed by atoms with Gasteiger partial charge in [0.15, 0.2) is 5.11 Å². The van der Waals surface area contributed by atoms with Gasteiger partial charge in [0.2, 0.25) is 5.91 Å². The van der Waals surface area contributed by atoms with Crippen molar-refractivity contribution in [2.45, 2.75) is 4.90 Å². The normalized spacial score (nSPS) is 10.1. The SMILES string of the molecule is COc1ccc(Cl)cc1NC(=S)NC(=O)CSc1ccc(Cl)cc1. The van der Waals surface area contributed by atoms with Crippen molar-refractivity contribution in [2.24, 2.45) is 0 Å². The van der Waals surface area contributed by atoms with Crippen molar-refractivity contribution in [3.05, 3.63) is 52.5 Å². The summed E-state index contributed by atoms with van der Waals surface area (Å²) in [6.07, 6.45) is 0. The van der Waals surface area contributed by atoms with E-state index >= 15 is 0 Å². The van der Waals surface area contributed by atoms with E-state index in [-0.39, 0.29) is 16.8 Å². The zero-order valence-corrected chi connectivity index (χ0v) is 15.8. The van der Waals surface area contributed by atoms with Gasteiger partial charge < -0.3 is 15.4 Å². The summed E-state index contributed by atoms with van der Waals surface area (Å²) in [5, 5.41) is 6.89. The first-order valence-electron chi connectivity index (χ1n) is 6.80. The molecule has 0 atom stereocenters. The predicted octanol–water partition coefficient (Wildman–Crippen LogP) is 4.61. The van der Waals surface area contributed by atoms with Gasteiger partial charge in [0, 0.05) is 14.9 Å². The zero-order valence-electron chi connectivity index (χ0n) is 12.6. The van der Waals surface area contributed by atoms with E-state index < -0.39 is 0 Å². The summed E-state index contributed by atoms with van der Waals surface area (Å²) >= 11 is 18.3. The molecule has 0 spiro atoms. The molecular formula is C16H14Cl2N2O2S2. The molecule has 2 aromatic carbocycles. The van der Waals surface area contributed by atoms with Crippen molar-refractivity contribution < 1.29 is 9.53 Å². The minimum absolute atomic E-state index is 0.178. The van der Waals surface area contributed by atoms with Gasteiger partial charge in [-0.05, 0) is 54.7 Å². The van der Waals surface area contributed by atoms with Gasteiger partial charge in [0.05, 0.1) is 18.6 Å². The van der Waals surface area contributed by atoms with Crippen LogP contribution in [0.2, 0.25) is 10.0 Å². The average molecular weight is 401 g/mol. The summed E-state index contributed by atoms with van der Waals surface area (Å²) in [4.78, 5) is 12.9. The lowest BCUT2D eigenvalue weighted by molar-refractivity contribution is -0.117. The number of thiocarbonyl (C=S) groups is 1. The van der Waals surface area contributed by atoms with Crippen molar-refractivity contribution in [1.29, 1.82) is 0 Å². The first kappa shape index (κ1) is 18.9. The topological polar surface area (TPSA) is 50.4 Å². The molecule has 1 amide bonds. The van der Waals surface area contributed by atoms with E-state index in [9.17, 15) is 4.79 Å². The van der Waals surface area contributed by atoms with Crippen LogP contribution in [0, 0.1) is 0 Å². The Morgan fingerprint density at radius 1 is 1.17 bits per heavy atom. The Balaban J connectivity index is 1.86. The Morgan fingerprint density at radius 3 is 2.50 bits per heavy atom. The second-order valence-corrected chi connectivity index (χ2v) is 6.92. The average Bonchev–Trinajstić information content (AvgIpc) is 2.54. The van der Waals surface area contributed by atoms with Gasteiger partial charge in [-0.3, -0.25) is 4.79 Å². The highest BCUT2D eigenvalue weighted by Crippen LogP contribution is 2.27. The number of carbonyl (C=O) groups excluding carboxylic acids is 1. The summed E-state index contributed by atoms with van der Waals surface area (Å²) < 4.78 is 5.21. The molecule has 2 N–H and O–H groups in total. The molecule has 0 unspecified atom stereocenters. The molecule has 0 bridgehead atoms. The molecule has 2 aromatic rings. The number of ether oxygens (including phenoxy) is 1. The highest BCUT2D eigenvalue weighted by Gasteiger charge is 2.09. The molecule has 4 nitrogen and oxygen atoms in total. The van der Waals surface area contributed by atoms with Crippen LogP contribution in [-0.2, 0) is 4.79 Å². The van der Waals surface area contributed by atoms with E-state index in [1.807, 2.05) is 12.1 Å². The Morgan fingerprint density at radius 2 is 1.83 bits per heavy atom. The third-order valence-electron chi connectivity index (χ3n) is 2.85. The summed E-state index contributed by atoms with van der Waals surface area (Å²) in [7, 11) is 1.54. The molecule has 0 saturated heterocycles. The van der Waals surface area contributed by atoms with E-state index in [0.717, 1.165) is 4.90 Å². The van der Waals surface area contributed by atoms with Gasteiger partial charge in [0.1, 0.15) is 5.75 Å². The van der Waals surface area contributed by atoms with Crippen molar-refractivity contribution in [3.8, 4) is 5.75 Å². The van der Waals surface area contributed by atoms with Crippen LogP contribution in [0.3, 0.4) is 0 Å². The van der Waals surface area contributed by atoms with E-state index in [0.29, 0.717) is 21.5 Å². The number of anilines is 1. The molecule has 0 aliphatic rings. The maximum Gasteiger partial charge on any atom is 0.236 e. The quantitative estimate of drug-likeness (QED) is 0.566. The molecule has 0 heterocycles. The van der Waals surface area contributed by atoms with E-state index in [1.165, 1.54) is 11.8 Å². The van der Waals surface area contributed by atoms with Gasteiger partial charge in [-0.25, -0.2) is 0 Å². The summed E-state index contributed by atoms with van der Waals surface area (Å²) in [6.45, 7) is 0. The Hall–Kier alpha value is -1.47. The van der Waals surface area contributed by atoms with E-state index in [2.05, 4.69) is 10.6 Å². The largest absolute Gasteiger partial charge is 0.495 e. The van der Waals surface area contributed by atoms with Gasteiger partial charge in [0.25, 0.3) is 0 Å². The highest BCUT2D eigenvalue weighted by molar-refractivity contribution is 8.00. The molecule has 24 heavy (non-hydrogen) atoms. The van der Waals surface area contributed by atoms with Gasteiger partial charge in [-0.15, -0.1) is 11.8 Å². The first-order chi connectivity index (χ1) is 11.5. The number of halogens is 2. The number of amides is 1. The minimum atomic E-state index is -0.214. The molecule has 0 saturated carbocycles. The Labute approximate surface area is 159 Å². The molecule has 0 fully saturated rings. The van der Waals surface area contributed by atoms with Crippen LogP contribution in [-0.4, -0.2) is 23.9 Å². The Bertz CT molecular complexity index is 739. The number of hydrogen-bond acceptors (Lipinski definition) is 4. The molecular weight excluding hydrogens is 387 g/mol.